The molecule has 2 heterocycles. The number of nitro benzene ring substituents is 2. The van der Waals surface area contributed by atoms with E-state index in [9.17, 15) is 25.0 Å². The van der Waals surface area contributed by atoms with Crippen LogP contribution in [0.1, 0.15) is 5.56 Å². The van der Waals surface area contributed by atoms with E-state index >= 15 is 0 Å². The number of nitrogens with zero attached hydrogens (tertiary/aromatic N) is 5. The molecule has 0 saturated carbocycles. The van der Waals surface area contributed by atoms with Crippen molar-refractivity contribution in [1.82, 2.24) is 4.57 Å². The molecule has 0 spiro atoms. The van der Waals surface area contributed by atoms with Gasteiger partial charge >= 0.3 is 0 Å². The Labute approximate surface area is 166 Å². The Bertz CT molecular complexity index is 1300. The van der Waals surface area contributed by atoms with E-state index in [0.29, 0.717) is 20.6 Å². The zero-order chi connectivity index (χ0) is 20.5. The number of hydrogen-bond acceptors (Lipinski definition) is 8. The zero-order valence-corrected chi connectivity index (χ0v) is 15.6. The van der Waals surface area contributed by atoms with Crippen molar-refractivity contribution in [2.75, 3.05) is 11.6 Å². The molecule has 1 aliphatic heterocycles. The summed E-state index contributed by atoms with van der Waals surface area (Å²) in [4.78, 5) is 40.3. The van der Waals surface area contributed by atoms with Gasteiger partial charge in [0, 0.05) is 30.0 Å². The van der Waals surface area contributed by atoms with Crippen molar-refractivity contribution < 1.29 is 9.85 Å². The van der Waals surface area contributed by atoms with Gasteiger partial charge in [-0.2, -0.15) is 0 Å². The van der Waals surface area contributed by atoms with E-state index in [-0.39, 0.29) is 30.3 Å². The van der Waals surface area contributed by atoms with Crippen molar-refractivity contribution in [3.8, 4) is 0 Å². The molecule has 1 aliphatic rings. The fourth-order valence-electron chi connectivity index (χ4n) is 2.92. The highest BCUT2D eigenvalue weighted by Gasteiger charge is 2.18. The summed E-state index contributed by atoms with van der Waals surface area (Å²) in [7, 11) is 0. The molecule has 0 fully saturated rings. The highest BCUT2D eigenvalue weighted by molar-refractivity contribution is 7.07. The molecule has 4 rings (SSSR count). The molecule has 1 aromatic heterocycles. The molecular weight excluding hydrogens is 398 g/mol. The maximum atomic E-state index is 12.8. The first kappa shape index (κ1) is 18.5. The summed E-state index contributed by atoms with van der Waals surface area (Å²) in [5, 5.41) is 21.7. The Hall–Kier alpha value is -3.86. The van der Waals surface area contributed by atoms with Crippen LogP contribution in [0.3, 0.4) is 0 Å². The minimum atomic E-state index is -0.482. The number of nitro groups is 2. The minimum absolute atomic E-state index is 0.0213. The number of non-ortho nitro benzene ring substituents is 2. The van der Waals surface area contributed by atoms with Crippen LogP contribution in [0.5, 0.6) is 0 Å². The van der Waals surface area contributed by atoms with Crippen molar-refractivity contribution in [3.63, 3.8) is 0 Å². The van der Waals surface area contributed by atoms with Crippen LogP contribution >= 0.6 is 11.3 Å². The van der Waals surface area contributed by atoms with Crippen molar-refractivity contribution in [1.29, 1.82) is 0 Å². The molecular formula is C18H13N5O5S. The monoisotopic (exact) mass is 411 g/mol. The van der Waals surface area contributed by atoms with E-state index in [2.05, 4.69) is 4.99 Å². The second kappa shape index (κ2) is 7.28. The van der Waals surface area contributed by atoms with Gasteiger partial charge < -0.3 is 4.90 Å². The van der Waals surface area contributed by atoms with Crippen molar-refractivity contribution in [3.05, 3.63) is 94.0 Å². The molecule has 11 heteroatoms. The Morgan fingerprint density at radius 3 is 2.45 bits per heavy atom. The molecule has 0 atom stereocenters. The summed E-state index contributed by atoms with van der Waals surface area (Å²) in [6.07, 6.45) is 1.66. The van der Waals surface area contributed by atoms with Gasteiger partial charge in [0.2, 0.25) is 0 Å². The lowest BCUT2D eigenvalue weighted by atomic mass is 10.2. The van der Waals surface area contributed by atoms with Gasteiger partial charge in [-0.1, -0.05) is 17.4 Å². The second-order valence-corrected chi connectivity index (χ2v) is 7.24. The highest BCUT2D eigenvalue weighted by atomic mass is 32.1. The molecule has 0 bridgehead atoms. The number of anilines is 1. The van der Waals surface area contributed by atoms with Gasteiger partial charge in [-0.15, -0.1) is 0 Å². The molecule has 3 aromatic rings. The van der Waals surface area contributed by atoms with E-state index in [1.807, 2.05) is 0 Å². The number of benzene rings is 2. The number of fused-ring (bicyclic) bond motifs is 1. The van der Waals surface area contributed by atoms with Crippen LogP contribution in [0.4, 0.5) is 17.1 Å². The third kappa shape index (κ3) is 3.62. The van der Waals surface area contributed by atoms with Crippen molar-refractivity contribution >= 4 is 34.5 Å². The van der Waals surface area contributed by atoms with E-state index in [1.54, 1.807) is 35.2 Å². The van der Waals surface area contributed by atoms with E-state index in [4.69, 9.17) is 0 Å². The fourth-order valence-corrected chi connectivity index (χ4v) is 3.88. The fraction of sp³-hybridized carbons (Fsp3) is 0.111. The first-order chi connectivity index (χ1) is 13.9. The van der Waals surface area contributed by atoms with Gasteiger partial charge in [0.05, 0.1) is 14.4 Å². The van der Waals surface area contributed by atoms with Crippen LogP contribution in [-0.2, 0) is 6.67 Å². The quantitative estimate of drug-likeness (QED) is 0.475. The van der Waals surface area contributed by atoms with Gasteiger partial charge in [-0.25, -0.2) is 4.99 Å². The van der Waals surface area contributed by atoms with Crippen LogP contribution < -0.4 is 19.8 Å². The predicted molar refractivity (Wildman–Crippen MR) is 106 cm³/mol. The normalized spacial score (nSPS) is 13.7. The summed E-state index contributed by atoms with van der Waals surface area (Å²) < 4.78 is 1.96. The summed E-state index contributed by atoms with van der Waals surface area (Å²) >= 11 is 1.23. The first-order valence-corrected chi connectivity index (χ1v) is 9.24. The Morgan fingerprint density at radius 1 is 1.03 bits per heavy atom. The SMILES string of the molecule is O=c1/c(=C/c2ccc([N+](=O)[O-])cc2)sc2n1CN(c1cccc([N+](=O)[O-])c1)CN=2. The summed E-state index contributed by atoms with van der Waals surface area (Å²) in [5.74, 6) is 0. The van der Waals surface area contributed by atoms with Crippen LogP contribution in [0.15, 0.2) is 58.3 Å². The number of hydrogen-bond donors (Lipinski definition) is 0. The number of rotatable bonds is 4. The van der Waals surface area contributed by atoms with Crippen LogP contribution in [0.25, 0.3) is 6.08 Å². The topological polar surface area (TPSA) is 124 Å². The highest BCUT2D eigenvalue weighted by Crippen LogP contribution is 2.22. The molecule has 0 amide bonds. The minimum Gasteiger partial charge on any atom is -0.333 e. The van der Waals surface area contributed by atoms with Gasteiger partial charge in [0.25, 0.3) is 16.9 Å². The largest absolute Gasteiger partial charge is 0.333 e. The van der Waals surface area contributed by atoms with E-state index in [0.717, 1.165) is 0 Å². The molecule has 2 aromatic carbocycles. The lowest BCUT2D eigenvalue weighted by molar-refractivity contribution is -0.385. The molecule has 0 radical (unpaired) electrons. The van der Waals surface area contributed by atoms with Crippen LogP contribution in [0.2, 0.25) is 0 Å². The van der Waals surface area contributed by atoms with Gasteiger partial charge in [0.15, 0.2) is 4.80 Å². The third-order valence-electron chi connectivity index (χ3n) is 4.38. The van der Waals surface area contributed by atoms with Gasteiger partial charge in [-0.05, 0) is 29.8 Å². The Balaban J connectivity index is 1.66. The van der Waals surface area contributed by atoms with Crippen LogP contribution in [0, 0.1) is 20.2 Å². The molecule has 0 unspecified atom stereocenters. The smallest absolute Gasteiger partial charge is 0.271 e. The summed E-state index contributed by atoms with van der Waals surface area (Å²) in [6.45, 7) is 0.502. The van der Waals surface area contributed by atoms with E-state index < -0.39 is 9.85 Å². The average Bonchev–Trinajstić information content (AvgIpc) is 3.03. The van der Waals surface area contributed by atoms with Gasteiger partial charge in [0.1, 0.15) is 13.3 Å². The lowest BCUT2D eigenvalue weighted by Gasteiger charge is -2.25. The molecule has 10 nitrogen and oxygen atoms in total. The Kier molecular flexibility index (Phi) is 4.64. The first-order valence-electron chi connectivity index (χ1n) is 8.42. The zero-order valence-electron chi connectivity index (χ0n) is 14.8. The van der Waals surface area contributed by atoms with Crippen molar-refractivity contribution in [2.45, 2.75) is 6.67 Å². The van der Waals surface area contributed by atoms with Crippen LogP contribution in [-0.4, -0.2) is 21.1 Å². The summed E-state index contributed by atoms with van der Waals surface area (Å²) in [6, 6.07) is 12.1. The van der Waals surface area contributed by atoms with Gasteiger partial charge in [-0.3, -0.25) is 29.6 Å². The third-order valence-corrected chi connectivity index (χ3v) is 5.43. The standard InChI is InChI=1S/C18H13N5O5S/c24-17-16(8-12-4-6-13(7-5-12)22(25)26)29-18-19-10-20(11-21(17)18)14-2-1-3-15(9-14)23(27)28/h1-9H,10-11H2/b16-8-. The Morgan fingerprint density at radius 2 is 1.76 bits per heavy atom. The summed E-state index contributed by atoms with van der Waals surface area (Å²) in [5.41, 5.74) is 0.988. The molecule has 0 saturated heterocycles. The lowest BCUT2D eigenvalue weighted by Crippen LogP contribution is -2.42. The van der Waals surface area contributed by atoms with E-state index in [1.165, 1.54) is 40.2 Å². The maximum absolute atomic E-state index is 12.8. The average molecular weight is 411 g/mol. The molecule has 146 valence electrons. The van der Waals surface area contributed by atoms with Crippen molar-refractivity contribution in [2.24, 2.45) is 4.99 Å². The predicted octanol–water partition coefficient (Wildman–Crippen LogP) is 1.61. The molecule has 0 aliphatic carbocycles. The number of aromatic nitrogens is 1. The molecule has 29 heavy (non-hydrogen) atoms. The second-order valence-electron chi connectivity index (χ2n) is 6.23. The number of thiazole rings is 1. The maximum Gasteiger partial charge on any atom is 0.271 e. The molecule has 0 N–H and O–H groups in total.